The van der Waals surface area contributed by atoms with E-state index in [1.807, 2.05) is 37.7 Å². The van der Waals surface area contributed by atoms with Crippen LogP contribution in [-0.4, -0.2) is 43.0 Å². The number of anilines is 1. The summed E-state index contributed by atoms with van der Waals surface area (Å²) < 4.78 is 14.7. The number of amides is 1. The molecule has 3 aromatic rings. The number of halogens is 2. The number of benzene rings is 1. The minimum Gasteiger partial charge on any atom is -1.00 e. The summed E-state index contributed by atoms with van der Waals surface area (Å²) in [4.78, 5) is 21.9. The Balaban J connectivity index is 0.00000261. The van der Waals surface area contributed by atoms with Crippen molar-refractivity contribution in [3.05, 3.63) is 52.5 Å². The smallest absolute Gasteiger partial charge is 0.252 e. The number of carbonyl (C=O) groups excluding carboxylic acids is 1. The Hall–Kier alpha value is -1.80. The maximum absolute atomic E-state index is 14.0. The molecule has 0 aliphatic rings. The first kappa shape index (κ1) is 21.5. The van der Waals surface area contributed by atoms with E-state index in [1.54, 1.807) is 34.5 Å². The molecule has 0 spiro atoms. The number of fused-ring (bicyclic) bond motifs is 1. The van der Waals surface area contributed by atoms with Gasteiger partial charge in [-0.1, -0.05) is 23.5 Å². The highest BCUT2D eigenvalue weighted by molar-refractivity contribution is 7.22. The van der Waals surface area contributed by atoms with Gasteiger partial charge in [0.05, 0.1) is 4.70 Å². The van der Waals surface area contributed by atoms with Gasteiger partial charge in [0, 0.05) is 17.5 Å². The maximum atomic E-state index is 14.0. The van der Waals surface area contributed by atoms with Crippen molar-refractivity contribution in [1.82, 2.24) is 9.88 Å². The molecule has 0 unspecified atom stereocenters. The van der Waals surface area contributed by atoms with Gasteiger partial charge in [0.15, 0.2) is 5.13 Å². The fraction of sp³-hybridized carbons (Fsp3) is 0.263. The molecule has 8 heteroatoms. The molecule has 144 valence electrons. The SMILES string of the molecule is CN(C)CCCN(C(=O)/C=C/c1cccs1)c1nc2c(F)cccc2s1.[Cl-]. The average molecular weight is 425 g/mol. The summed E-state index contributed by atoms with van der Waals surface area (Å²) in [6.07, 6.45) is 4.17. The van der Waals surface area contributed by atoms with Crippen molar-refractivity contribution in [2.24, 2.45) is 0 Å². The minimum atomic E-state index is -0.361. The summed E-state index contributed by atoms with van der Waals surface area (Å²) in [7, 11) is 3.99. The Bertz CT molecular complexity index is 909. The molecule has 0 radical (unpaired) electrons. The molecule has 0 atom stereocenters. The van der Waals surface area contributed by atoms with Crippen molar-refractivity contribution in [1.29, 1.82) is 0 Å². The number of nitrogens with zero attached hydrogens (tertiary/aromatic N) is 3. The third kappa shape index (κ3) is 5.59. The van der Waals surface area contributed by atoms with Crippen LogP contribution in [0.25, 0.3) is 16.3 Å². The van der Waals surface area contributed by atoms with Gasteiger partial charge >= 0.3 is 0 Å². The van der Waals surface area contributed by atoms with Gasteiger partial charge in [0.25, 0.3) is 5.91 Å². The second kappa shape index (κ2) is 9.94. The quantitative estimate of drug-likeness (QED) is 0.539. The van der Waals surface area contributed by atoms with Crippen molar-refractivity contribution in [3.8, 4) is 0 Å². The predicted molar refractivity (Wildman–Crippen MR) is 108 cm³/mol. The molecule has 0 saturated heterocycles. The van der Waals surface area contributed by atoms with Gasteiger partial charge in [0.2, 0.25) is 0 Å². The monoisotopic (exact) mass is 424 g/mol. The van der Waals surface area contributed by atoms with Gasteiger partial charge in [0.1, 0.15) is 11.3 Å². The van der Waals surface area contributed by atoms with Gasteiger partial charge in [-0.05, 0) is 56.7 Å². The lowest BCUT2D eigenvalue weighted by Crippen LogP contribution is -3.00. The van der Waals surface area contributed by atoms with E-state index in [1.165, 1.54) is 17.4 Å². The molecule has 27 heavy (non-hydrogen) atoms. The zero-order valence-corrected chi connectivity index (χ0v) is 17.5. The summed E-state index contributed by atoms with van der Waals surface area (Å²) >= 11 is 2.91. The van der Waals surface area contributed by atoms with Crippen LogP contribution < -0.4 is 17.3 Å². The van der Waals surface area contributed by atoms with Crippen molar-refractivity contribution in [3.63, 3.8) is 0 Å². The molecule has 3 rings (SSSR count). The van der Waals surface area contributed by atoms with E-state index >= 15 is 0 Å². The fourth-order valence-corrected chi connectivity index (χ4v) is 4.12. The van der Waals surface area contributed by atoms with E-state index in [2.05, 4.69) is 9.88 Å². The Labute approximate surface area is 172 Å². The maximum Gasteiger partial charge on any atom is 0.252 e. The molecule has 2 heterocycles. The third-order valence-electron chi connectivity index (χ3n) is 3.78. The lowest BCUT2D eigenvalue weighted by atomic mass is 10.3. The highest BCUT2D eigenvalue weighted by atomic mass is 35.5. The van der Waals surface area contributed by atoms with E-state index in [4.69, 9.17) is 0 Å². The normalized spacial score (nSPS) is 11.3. The van der Waals surface area contributed by atoms with Crippen LogP contribution in [0.5, 0.6) is 0 Å². The van der Waals surface area contributed by atoms with Gasteiger partial charge in [-0.15, -0.1) is 11.3 Å². The number of para-hydroxylation sites is 1. The summed E-state index contributed by atoms with van der Waals surface area (Å²) in [5.74, 6) is -0.503. The van der Waals surface area contributed by atoms with Crippen LogP contribution in [-0.2, 0) is 4.79 Å². The topological polar surface area (TPSA) is 36.4 Å². The number of thiazole rings is 1. The standard InChI is InChI=1S/C19H20FN3OS2.ClH/c1-22(2)11-5-12-23(17(24)10-9-14-6-4-13-25-14)19-21-18-15(20)7-3-8-16(18)26-19;/h3-4,6-10,13H,5,11-12H2,1-2H3;1H/p-1/b10-9+;. The lowest BCUT2D eigenvalue weighted by molar-refractivity contribution is -0.114. The second-order valence-corrected chi connectivity index (χ2v) is 8.07. The first-order chi connectivity index (χ1) is 12.5. The number of thiophene rings is 1. The van der Waals surface area contributed by atoms with Crippen LogP contribution in [0.2, 0.25) is 0 Å². The van der Waals surface area contributed by atoms with Crippen molar-refractivity contribution in [2.75, 3.05) is 32.1 Å². The van der Waals surface area contributed by atoms with E-state index in [-0.39, 0.29) is 24.1 Å². The van der Waals surface area contributed by atoms with Gasteiger partial charge in [-0.25, -0.2) is 9.37 Å². The van der Waals surface area contributed by atoms with Gasteiger partial charge in [-0.3, -0.25) is 9.69 Å². The number of carbonyl (C=O) groups is 1. The molecule has 0 aliphatic heterocycles. The average Bonchev–Trinajstić information content (AvgIpc) is 3.26. The summed E-state index contributed by atoms with van der Waals surface area (Å²) in [6.45, 7) is 1.39. The van der Waals surface area contributed by atoms with Crippen LogP contribution in [0.1, 0.15) is 11.3 Å². The van der Waals surface area contributed by atoms with Crippen LogP contribution in [0.15, 0.2) is 41.8 Å². The van der Waals surface area contributed by atoms with Crippen LogP contribution in [0.3, 0.4) is 0 Å². The van der Waals surface area contributed by atoms with Crippen LogP contribution in [0, 0.1) is 5.82 Å². The third-order valence-corrected chi connectivity index (χ3v) is 5.66. The zero-order chi connectivity index (χ0) is 18.5. The van der Waals surface area contributed by atoms with E-state index in [0.29, 0.717) is 17.2 Å². The highest BCUT2D eigenvalue weighted by Gasteiger charge is 2.19. The van der Waals surface area contributed by atoms with Crippen molar-refractivity contribution < 1.29 is 21.6 Å². The summed E-state index contributed by atoms with van der Waals surface area (Å²) in [5.41, 5.74) is 0.320. The molecule has 0 bridgehead atoms. The number of rotatable bonds is 7. The van der Waals surface area contributed by atoms with E-state index < -0.39 is 0 Å². The molecule has 4 nitrogen and oxygen atoms in total. The molecular formula is C19H20ClFN3OS2-. The predicted octanol–water partition coefficient (Wildman–Crippen LogP) is 1.50. The second-order valence-electron chi connectivity index (χ2n) is 6.08. The number of aromatic nitrogens is 1. The van der Waals surface area contributed by atoms with Crippen molar-refractivity contribution >= 4 is 50.0 Å². The molecule has 1 aromatic carbocycles. The first-order valence-corrected chi connectivity index (χ1v) is 9.97. The molecule has 0 aliphatic carbocycles. The van der Waals surface area contributed by atoms with E-state index in [0.717, 1.165) is 22.5 Å². The molecule has 0 fully saturated rings. The number of hydrogen-bond acceptors (Lipinski definition) is 5. The number of hydrogen-bond donors (Lipinski definition) is 0. The Morgan fingerprint density at radius 2 is 2.04 bits per heavy atom. The lowest BCUT2D eigenvalue weighted by Gasteiger charge is -2.19. The Morgan fingerprint density at radius 3 is 2.70 bits per heavy atom. The van der Waals surface area contributed by atoms with Crippen LogP contribution >= 0.6 is 22.7 Å². The fourth-order valence-electron chi connectivity index (χ4n) is 2.49. The van der Waals surface area contributed by atoms with Gasteiger partial charge < -0.3 is 17.3 Å². The zero-order valence-electron chi connectivity index (χ0n) is 15.1. The molecule has 0 saturated carbocycles. The molecule has 0 N–H and O–H groups in total. The summed E-state index contributed by atoms with van der Waals surface area (Å²) in [5, 5.41) is 2.50. The van der Waals surface area contributed by atoms with Gasteiger partial charge in [-0.2, -0.15) is 0 Å². The summed E-state index contributed by atoms with van der Waals surface area (Å²) in [6, 6.07) is 8.77. The highest BCUT2D eigenvalue weighted by Crippen LogP contribution is 2.30. The molecular weight excluding hydrogens is 405 g/mol. The first-order valence-electron chi connectivity index (χ1n) is 8.27. The van der Waals surface area contributed by atoms with E-state index in [9.17, 15) is 9.18 Å². The molecule has 1 amide bonds. The largest absolute Gasteiger partial charge is 1.00 e. The van der Waals surface area contributed by atoms with Crippen molar-refractivity contribution in [2.45, 2.75) is 6.42 Å². The Kier molecular flexibility index (Phi) is 7.91. The Morgan fingerprint density at radius 1 is 1.22 bits per heavy atom. The van der Waals surface area contributed by atoms with Crippen LogP contribution in [0.4, 0.5) is 9.52 Å². The molecule has 2 aromatic heterocycles. The minimum absolute atomic E-state index is 0.